The maximum Gasteiger partial charge on any atom is 0.261 e. The van der Waals surface area contributed by atoms with Crippen molar-refractivity contribution in [3.63, 3.8) is 0 Å². The number of carbonyl (C=O) groups excluding carboxylic acids is 1. The highest BCUT2D eigenvalue weighted by Crippen LogP contribution is 2.16. The SMILES string of the molecule is C[C@H](Oc1ccccc1)C(=O)N[C@@H](C)c1ccc(-n2cncn2)cc1. The van der Waals surface area contributed by atoms with Crippen LogP contribution in [0.3, 0.4) is 0 Å². The van der Waals surface area contributed by atoms with E-state index in [2.05, 4.69) is 15.4 Å². The highest BCUT2D eigenvalue weighted by molar-refractivity contribution is 5.81. The molecular formula is C19H20N4O2. The molecule has 0 aliphatic rings. The standard InChI is InChI=1S/C19H20N4O2/c1-14(16-8-10-17(11-9-16)23-13-20-12-21-23)22-19(24)15(2)25-18-6-4-3-5-7-18/h3-15H,1-2H3,(H,22,24)/t14-,15-/m0/s1. The fourth-order valence-corrected chi connectivity index (χ4v) is 2.43. The minimum atomic E-state index is -0.570. The van der Waals surface area contributed by atoms with E-state index < -0.39 is 6.10 Å². The normalized spacial score (nSPS) is 13.0. The molecule has 0 saturated carbocycles. The van der Waals surface area contributed by atoms with Gasteiger partial charge in [-0.3, -0.25) is 4.79 Å². The summed E-state index contributed by atoms with van der Waals surface area (Å²) < 4.78 is 7.33. The van der Waals surface area contributed by atoms with Gasteiger partial charge in [-0.2, -0.15) is 5.10 Å². The first-order valence-corrected chi connectivity index (χ1v) is 8.10. The number of aromatic nitrogens is 3. The first kappa shape index (κ1) is 16.7. The monoisotopic (exact) mass is 336 g/mol. The van der Waals surface area contributed by atoms with Crippen molar-refractivity contribution in [1.29, 1.82) is 0 Å². The maximum absolute atomic E-state index is 12.3. The molecule has 0 saturated heterocycles. The summed E-state index contributed by atoms with van der Waals surface area (Å²) in [6.45, 7) is 3.68. The van der Waals surface area contributed by atoms with Gasteiger partial charge < -0.3 is 10.1 Å². The summed E-state index contributed by atoms with van der Waals surface area (Å²) in [7, 11) is 0. The van der Waals surface area contributed by atoms with Crippen LogP contribution in [0.2, 0.25) is 0 Å². The third-order valence-electron chi connectivity index (χ3n) is 3.86. The van der Waals surface area contributed by atoms with Gasteiger partial charge in [0.2, 0.25) is 0 Å². The minimum absolute atomic E-state index is 0.126. The molecule has 25 heavy (non-hydrogen) atoms. The van der Waals surface area contributed by atoms with Crippen LogP contribution in [0, 0.1) is 0 Å². The molecule has 1 amide bonds. The second-order valence-electron chi connectivity index (χ2n) is 5.73. The first-order valence-electron chi connectivity index (χ1n) is 8.10. The third-order valence-corrected chi connectivity index (χ3v) is 3.86. The van der Waals surface area contributed by atoms with Crippen molar-refractivity contribution in [2.24, 2.45) is 0 Å². The van der Waals surface area contributed by atoms with Gasteiger partial charge in [-0.15, -0.1) is 0 Å². The molecule has 0 aliphatic carbocycles. The molecule has 6 heteroatoms. The van der Waals surface area contributed by atoms with Crippen LogP contribution in [0.4, 0.5) is 0 Å². The van der Waals surface area contributed by atoms with Gasteiger partial charge in [0.15, 0.2) is 6.10 Å². The van der Waals surface area contributed by atoms with E-state index in [4.69, 9.17) is 4.74 Å². The Hall–Kier alpha value is -3.15. The third kappa shape index (κ3) is 4.23. The Morgan fingerprint density at radius 2 is 1.80 bits per heavy atom. The Bertz CT molecular complexity index is 801. The summed E-state index contributed by atoms with van der Waals surface area (Å²) in [5.41, 5.74) is 1.92. The molecule has 3 aromatic rings. The topological polar surface area (TPSA) is 69.0 Å². The van der Waals surface area contributed by atoms with Crippen molar-refractivity contribution < 1.29 is 9.53 Å². The van der Waals surface area contributed by atoms with Crippen LogP contribution >= 0.6 is 0 Å². The van der Waals surface area contributed by atoms with E-state index in [0.29, 0.717) is 5.75 Å². The quantitative estimate of drug-likeness (QED) is 0.751. The molecule has 6 nitrogen and oxygen atoms in total. The fourth-order valence-electron chi connectivity index (χ4n) is 2.43. The molecule has 1 heterocycles. The summed E-state index contributed by atoms with van der Waals surface area (Å²) in [4.78, 5) is 16.3. The van der Waals surface area contributed by atoms with Crippen molar-refractivity contribution in [3.8, 4) is 11.4 Å². The molecule has 128 valence electrons. The minimum Gasteiger partial charge on any atom is -0.481 e. The van der Waals surface area contributed by atoms with E-state index in [1.165, 1.54) is 6.33 Å². The predicted molar refractivity (Wildman–Crippen MR) is 94.4 cm³/mol. The number of hydrogen-bond donors (Lipinski definition) is 1. The second kappa shape index (κ2) is 7.61. The molecule has 0 bridgehead atoms. The van der Waals surface area contributed by atoms with Crippen LogP contribution in [0.5, 0.6) is 5.75 Å². The first-order chi connectivity index (χ1) is 12.1. The Kier molecular flexibility index (Phi) is 5.09. The average molecular weight is 336 g/mol. The van der Waals surface area contributed by atoms with Crippen molar-refractivity contribution >= 4 is 5.91 Å². The van der Waals surface area contributed by atoms with Crippen LogP contribution < -0.4 is 10.1 Å². The van der Waals surface area contributed by atoms with E-state index in [0.717, 1.165) is 11.3 Å². The summed E-state index contributed by atoms with van der Waals surface area (Å²) in [6, 6.07) is 17.0. The van der Waals surface area contributed by atoms with Crippen molar-refractivity contribution in [1.82, 2.24) is 20.1 Å². The summed E-state index contributed by atoms with van der Waals surface area (Å²) >= 11 is 0. The lowest BCUT2D eigenvalue weighted by molar-refractivity contribution is -0.127. The Morgan fingerprint density at radius 3 is 2.44 bits per heavy atom. The van der Waals surface area contributed by atoms with Crippen LogP contribution in [-0.2, 0) is 4.79 Å². The molecule has 2 atom stereocenters. The predicted octanol–water partition coefficient (Wildman–Crippen LogP) is 2.91. The van der Waals surface area contributed by atoms with E-state index in [-0.39, 0.29) is 11.9 Å². The molecule has 0 unspecified atom stereocenters. The van der Waals surface area contributed by atoms with E-state index in [1.807, 2.05) is 61.5 Å². The lowest BCUT2D eigenvalue weighted by Crippen LogP contribution is -2.37. The second-order valence-corrected chi connectivity index (χ2v) is 5.73. The summed E-state index contributed by atoms with van der Waals surface area (Å²) in [5.74, 6) is 0.520. The van der Waals surface area contributed by atoms with E-state index in [9.17, 15) is 4.79 Å². The van der Waals surface area contributed by atoms with Crippen molar-refractivity contribution in [3.05, 3.63) is 72.8 Å². The Balaban J connectivity index is 1.59. The number of amides is 1. The average Bonchev–Trinajstić information content (AvgIpc) is 3.17. The number of benzene rings is 2. The lowest BCUT2D eigenvalue weighted by Gasteiger charge is -2.19. The van der Waals surface area contributed by atoms with E-state index >= 15 is 0 Å². The Labute approximate surface area is 146 Å². The summed E-state index contributed by atoms with van der Waals surface area (Å²) in [6.07, 6.45) is 2.56. The zero-order chi connectivity index (χ0) is 17.6. The van der Waals surface area contributed by atoms with Gasteiger partial charge in [0.1, 0.15) is 18.4 Å². The zero-order valence-electron chi connectivity index (χ0n) is 14.2. The maximum atomic E-state index is 12.3. The van der Waals surface area contributed by atoms with Gasteiger partial charge >= 0.3 is 0 Å². The largest absolute Gasteiger partial charge is 0.481 e. The number of rotatable bonds is 6. The number of hydrogen-bond acceptors (Lipinski definition) is 4. The molecule has 1 N–H and O–H groups in total. The highest BCUT2D eigenvalue weighted by Gasteiger charge is 2.17. The van der Waals surface area contributed by atoms with Gasteiger partial charge in [0, 0.05) is 0 Å². The summed E-state index contributed by atoms with van der Waals surface area (Å²) in [5, 5.41) is 7.06. The molecule has 2 aromatic carbocycles. The Morgan fingerprint density at radius 1 is 1.08 bits per heavy atom. The molecule has 0 aliphatic heterocycles. The molecule has 0 radical (unpaired) electrons. The van der Waals surface area contributed by atoms with Gasteiger partial charge in [0.25, 0.3) is 5.91 Å². The smallest absolute Gasteiger partial charge is 0.261 e. The van der Waals surface area contributed by atoms with Crippen LogP contribution in [0.15, 0.2) is 67.3 Å². The fraction of sp³-hybridized carbons (Fsp3) is 0.211. The van der Waals surface area contributed by atoms with Gasteiger partial charge in [-0.25, -0.2) is 9.67 Å². The number of carbonyl (C=O) groups is 1. The van der Waals surface area contributed by atoms with Gasteiger partial charge in [0.05, 0.1) is 11.7 Å². The van der Waals surface area contributed by atoms with Gasteiger partial charge in [-0.05, 0) is 43.7 Å². The lowest BCUT2D eigenvalue weighted by atomic mass is 10.1. The van der Waals surface area contributed by atoms with Crippen molar-refractivity contribution in [2.45, 2.75) is 26.0 Å². The van der Waals surface area contributed by atoms with Gasteiger partial charge in [-0.1, -0.05) is 30.3 Å². The highest BCUT2D eigenvalue weighted by atomic mass is 16.5. The number of para-hydroxylation sites is 1. The van der Waals surface area contributed by atoms with Crippen molar-refractivity contribution in [2.75, 3.05) is 0 Å². The van der Waals surface area contributed by atoms with Crippen LogP contribution in [0.25, 0.3) is 5.69 Å². The molecule has 0 fully saturated rings. The van der Waals surface area contributed by atoms with Crippen LogP contribution in [0.1, 0.15) is 25.5 Å². The molecule has 1 aromatic heterocycles. The van der Waals surface area contributed by atoms with E-state index in [1.54, 1.807) is 17.9 Å². The number of nitrogens with zero attached hydrogens (tertiary/aromatic N) is 3. The number of ether oxygens (including phenoxy) is 1. The molecular weight excluding hydrogens is 316 g/mol. The number of nitrogens with one attached hydrogen (secondary N) is 1. The molecule has 0 spiro atoms. The molecule has 3 rings (SSSR count). The van der Waals surface area contributed by atoms with Crippen LogP contribution in [-0.4, -0.2) is 26.8 Å². The zero-order valence-corrected chi connectivity index (χ0v) is 14.2.